The van der Waals surface area contributed by atoms with Crippen molar-refractivity contribution in [1.29, 1.82) is 0 Å². The number of nitrogens with zero attached hydrogens (tertiary/aromatic N) is 2. The topological polar surface area (TPSA) is 79.2 Å². The maximum atomic E-state index is 12.1. The Morgan fingerprint density at radius 3 is 2.50 bits per heavy atom. The summed E-state index contributed by atoms with van der Waals surface area (Å²) in [4.78, 5) is 26.1. The van der Waals surface area contributed by atoms with Gasteiger partial charge in [0.2, 0.25) is 0 Å². The quantitative estimate of drug-likeness (QED) is 0.688. The number of carbonyl (C=O) groups is 1. The highest BCUT2D eigenvalue weighted by atomic mass is 79.9. The molecule has 1 aromatic carbocycles. The summed E-state index contributed by atoms with van der Waals surface area (Å²) >= 11 is 3.34. The molecule has 0 aliphatic rings. The first-order valence-corrected chi connectivity index (χ1v) is 6.60. The molecule has 0 radical (unpaired) electrons. The van der Waals surface area contributed by atoms with Gasteiger partial charge in [-0.15, -0.1) is 0 Å². The second-order valence-corrected chi connectivity index (χ2v) is 5.22. The minimum Gasteiger partial charge on any atom is -0.358 e. The van der Waals surface area contributed by atoms with Crippen LogP contribution in [0.25, 0.3) is 0 Å². The summed E-state index contributed by atoms with van der Waals surface area (Å²) in [5.74, 6) is -0.480. The van der Waals surface area contributed by atoms with E-state index in [0.717, 1.165) is 10.0 Å². The molecule has 1 amide bonds. The second kappa shape index (κ2) is 5.87. The number of benzene rings is 1. The molecule has 0 unspecified atom stereocenters. The molecule has 0 spiro atoms. The number of amides is 1. The van der Waals surface area contributed by atoms with Gasteiger partial charge in [-0.2, -0.15) is 0 Å². The molecule has 1 aromatic heterocycles. The van der Waals surface area contributed by atoms with Crippen molar-refractivity contribution in [3.8, 4) is 0 Å². The largest absolute Gasteiger partial charge is 0.358 e. The lowest BCUT2D eigenvalue weighted by Crippen LogP contribution is -2.26. The molecule has 0 aliphatic heterocycles. The Morgan fingerprint density at radius 2 is 1.95 bits per heavy atom. The first kappa shape index (κ1) is 14.3. The summed E-state index contributed by atoms with van der Waals surface area (Å²) in [7, 11) is 1.65. The van der Waals surface area contributed by atoms with Gasteiger partial charge in [-0.05, 0) is 28.7 Å². The summed E-state index contributed by atoms with van der Waals surface area (Å²) in [5, 5.41) is 10.6. The average Bonchev–Trinajstić information content (AvgIpc) is 2.90. The summed E-state index contributed by atoms with van der Waals surface area (Å²) in [5.41, 5.74) is 1.18. The normalized spacial score (nSPS) is 10.3. The lowest BCUT2D eigenvalue weighted by atomic mass is 10.2. The lowest BCUT2D eigenvalue weighted by Gasteiger charge is -2.15. The number of aromatic nitrogens is 1. The fourth-order valence-electron chi connectivity index (χ4n) is 1.76. The predicted molar refractivity (Wildman–Crippen MR) is 77.4 cm³/mol. The zero-order valence-electron chi connectivity index (χ0n) is 10.7. The molecule has 2 rings (SSSR count). The van der Waals surface area contributed by atoms with Crippen molar-refractivity contribution < 1.29 is 9.72 Å². The number of nitro groups is 1. The van der Waals surface area contributed by atoms with Gasteiger partial charge < -0.3 is 15.0 Å². The molecule has 1 N–H and O–H groups in total. The van der Waals surface area contributed by atoms with Crippen LogP contribution in [0.1, 0.15) is 16.1 Å². The Morgan fingerprint density at radius 1 is 1.30 bits per heavy atom. The SMILES string of the molecule is CN(Cc1ccc(Br)cc1)C(=O)c1ccc([N+](=O)[O-])[nH]1. The van der Waals surface area contributed by atoms with E-state index in [0.29, 0.717) is 6.54 Å². The van der Waals surface area contributed by atoms with Gasteiger partial charge in [0.25, 0.3) is 5.91 Å². The number of hydrogen-bond acceptors (Lipinski definition) is 3. The Bertz CT molecular complexity index is 637. The Kier molecular flexibility index (Phi) is 4.19. The van der Waals surface area contributed by atoms with Gasteiger partial charge in [0, 0.05) is 24.1 Å². The third kappa shape index (κ3) is 3.24. The van der Waals surface area contributed by atoms with E-state index in [1.807, 2.05) is 24.3 Å². The molecule has 0 bridgehead atoms. The Balaban J connectivity index is 2.07. The van der Waals surface area contributed by atoms with Crippen molar-refractivity contribution in [3.05, 3.63) is 62.2 Å². The van der Waals surface area contributed by atoms with E-state index >= 15 is 0 Å². The Labute approximate surface area is 123 Å². The highest BCUT2D eigenvalue weighted by Gasteiger charge is 2.19. The third-order valence-corrected chi connectivity index (χ3v) is 3.31. The number of H-pyrrole nitrogens is 1. The molecule has 0 saturated heterocycles. The molecular formula is C13H12BrN3O3. The highest BCUT2D eigenvalue weighted by molar-refractivity contribution is 9.10. The summed E-state index contributed by atoms with van der Waals surface area (Å²) in [6, 6.07) is 10.3. The van der Waals surface area contributed by atoms with Crippen LogP contribution in [0.5, 0.6) is 0 Å². The van der Waals surface area contributed by atoms with E-state index in [4.69, 9.17) is 0 Å². The highest BCUT2D eigenvalue weighted by Crippen LogP contribution is 2.14. The smallest absolute Gasteiger partial charge is 0.321 e. The van der Waals surface area contributed by atoms with E-state index in [1.165, 1.54) is 17.0 Å². The van der Waals surface area contributed by atoms with Crippen molar-refractivity contribution >= 4 is 27.7 Å². The van der Waals surface area contributed by atoms with Crippen molar-refractivity contribution in [3.63, 3.8) is 0 Å². The van der Waals surface area contributed by atoms with Gasteiger partial charge in [-0.1, -0.05) is 28.1 Å². The number of halogens is 1. The zero-order chi connectivity index (χ0) is 14.7. The van der Waals surface area contributed by atoms with Crippen LogP contribution in [0.15, 0.2) is 40.9 Å². The number of hydrogen-bond donors (Lipinski definition) is 1. The maximum absolute atomic E-state index is 12.1. The molecule has 20 heavy (non-hydrogen) atoms. The van der Waals surface area contributed by atoms with Crippen LogP contribution < -0.4 is 0 Å². The van der Waals surface area contributed by atoms with E-state index in [1.54, 1.807) is 7.05 Å². The van der Waals surface area contributed by atoms with E-state index < -0.39 is 4.92 Å². The van der Waals surface area contributed by atoms with Crippen LogP contribution in [0, 0.1) is 10.1 Å². The van der Waals surface area contributed by atoms with Crippen LogP contribution in [-0.4, -0.2) is 27.8 Å². The molecule has 7 heteroatoms. The monoisotopic (exact) mass is 337 g/mol. The minimum atomic E-state index is -0.564. The molecule has 0 fully saturated rings. The van der Waals surface area contributed by atoms with Gasteiger partial charge in [0.1, 0.15) is 0 Å². The van der Waals surface area contributed by atoms with Crippen molar-refractivity contribution in [1.82, 2.24) is 9.88 Å². The third-order valence-electron chi connectivity index (χ3n) is 2.78. The van der Waals surface area contributed by atoms with Gasteiger partial charge in [0.05, 0.1) is 0 Å². The predicted octanol–water partition coefficient (Wildman–Crippen LogP) is 2.96. The molecule has 1 heterocycles. The fraction of sp³-hybridized carbons (Fsp3) is 0.154. The van der Waals surface area contributed by atoms with E-state index in [-0.39, 0.29) is 17.4 Å². The minimum absolute atomic E-state index is 0.189. The van der Waals surface area contributed by atoms with Crippen molar-refractivity contribution in [2.45, 2.75) is 6.54 Å². The molecule has 104 valence electrons. The average molecular weight is 338 g/mol. The van der Waals surface area contributed by atoms with Crippen molar-refractivity contribution in [2.24, 2.45) is 0 Å². The number of nitrogens with one attached hydrogen (secondary N) is 1. The fourth-order valence-corrected chi connectivity index (χ4v) is 2.02. The van der Waals surface area contributed by atoms with Gasteiger partial charge in [0.15, 0.2) is 5.69 Å². The Hall–Kier alpha value is -2.15. The molecule has 0 saturated carbocycles. The number of carbonyl (C=O) groups excluding carboxylic acids is 1. The number of aromatic amines is 1. The van der Waals surface area contributed by atoms with Gasteiger partial charge >= 0.3 is 5.82 Å². The molecule has 6 nitrogen and oxygen atoms in total. The standard InChI is InChI=1S/C13H12BrN3O3/c1-16(8-9-2-4-10(14)5-3-9)13(18)11-6-7-12(15-11)17(19)20/h2-7,15H,8H2,1H3. The van der Waals surface area contributed by atoms with Crippen LogP contribution in [0.3, 0.4) is 0 Å². The lowest BCUT2D eigenvalue weighted by molar-refractivity contribution is -0.389. The van der Waals surface area contributed by atoms with E-state index in [9.17, 15) is 14.9 Å². The van der Waals surface area contributed by atoms with Crippen LogP contribution in [0.2, 0.25) is 0 Å². The van der Waals surface area contributed by atoms with Crippen LogP contribution in [0.4, 0.5) is 5.82 Å². The van der Waals surface area contributed by atoms with Crippen molar-refractivity contribution in [2.75, 3.05) is 7.05 Å². The van der Waals surface area contributed by atoms with Gasteiger partial charge in [-0.25, -0.2) is 4.98 Å². The summed E-state index contributed by atoms with van der Waals surface area (Å²) < 4.78 is 0.968. The van der Waals surface area contributed by atoms with Crippen LogP contribution >= 0.6 is 15.9 Å². The van der Waals surface area contributed by atoms with Gasteiger partial charge in [-0.3, -0.25) is 4.79 Å². The molecular weight excluding hydrogens is 326 g/mol. The maximum Gasteiger partial charge on any atom is 0.321 e. The molecule has 0 atom stereocenters. The molecule has 0 aliphatic carbocycles. The second-order valence-electron chi connectivity index (χ2n) is 4.30. The number of rotatable bonds is 4. The first-order valence-electron chi connectivity index (χ1n) is 5.80. The van der Waals surface area contributed by atoms with E-state index in [2.05, 4.69) is 20.9 Å². The molecule has 2 aromatic rings. The first-order chi connectivity index (χ1) is 9.47. The zero-order valence-corrected chi connectivity index (χ0v) is 12.3. The summed E-state index contributed by atoms with van der Waals surface area (Å²) in [6.45, 7) is 0.429. The summed E-state index contributed by atoms with van der Waals surface area (Å²) in [6.07, 6.45) is 0. The van der Waals surface area contributed by atoms with Crippen LogP contribution in [-0.2, 0) is 6.54 Å².